The standard InChI is InChI=1S/C69H135N2O6P/c1-6-8-10-12-14-16-18-20-22-24-26-27-28-29-30-31-32-33-34-35-36-37-38-39-40-41-42-43-45-47-49-51-53-55-57-59-61-63-69(73)70-67(66-77-78(74,75)76-65-64-71(3,4)5)68(72)62-60-58-56-54-52-50-48-46-44-25-23-21-19-17-15-13-11-9-7-2/h30-31,33-34,60,62,67-68,72H,6-29,32,35-59,61,63-66H2,1-5H3,(H-,70,73,74,75)/b31-30-,34-33-,62-60+. The number of phosphoric acid groups is 1. The maximum atomic E-state index is 13.0. The SMILES string of the molecule is CCCCCCCCCCCCCCC/C=C\C/C=C\CCCCCCCCCCCCCCCCCCCC(=O)NC(COP(=O)([O-])OCC[N+](C)(C)C)C(O)/C=C/CCCCCCCCCCCCCCCCCCC. The fraction of sp³-hybridized carbons (Fsp3) is 0.899. The van der Waals surface area contributed by atoms with Gasteiger partial charge >= 0.3 is 0 Å². The number of quaternary nitrogens is 1. The van der Waals surface area contributed by atoms with E-state index >= 15 is 0 Å². The molecule has 0 spiro atoms. The molecule has 462 valence electrons. The Morgan fingerprint density at radius 3 is 1.06 bits per heavy atom. The third-order valence-corrected chi connectivity index (χ3v) is 16.8. The predicted molar refractivity (Wildman–Crippen MR) is 339 cm³/mol. The number of nitrogens with one attached hydrogen (secondary N) is 1. The first-order valence-electron chi connectivity index (χ1n) is 34.4. The number of hydrogen-bond donors (Lipinski definition) is 2. The Labute approximate surface area is 487 Å². The molecule has 0 saturated carbocycles. The number of unbranched alkanes of at least 4 members (excludes halogenated alkanes) is 47. The number of aliphatic hydroxyl groups is 1. The van der Waals surface area contributed by atoms with Crippen LogP contribution in [-0.2, 0) is 18.4 Å². The Hall–Kier alpha value is -1.28. The molecular formula is C69H135N2O6P. The van der Waals surface area contributed by atoms with Gasteiger partial charge in [0.05, 0.1) is 39.9 Å². The van der Waals surface area contributed by atoms with E-state index in [2.05, 4.69) is 43.5 Å². The van der Waals surface area contributed by atoms with Crippen molar-refractivity contribution in [3.63, 3.8) is 0 Å². The first-order valence-corrected chi connectivity index (χ1v) is 35.8. The van der Waals surface area contributed by atoms with E-state index in [0.29, 0.717) is 17.4 Å². The maximum absolute atomic E-state index is 13.0. The van der Waals surface area contributed by atoms with Crippen molar-refractivity contribution in [1.82, 2.24) is 5.32 Å². The summed E-state index contributed by atoms with van der Waals surface area (Å²) in [5.41, 5.74) is 0. The first-order chi connectivity index (χ1) is 38.0. The third kappa shape index (κ3) is 62.3. The van der Waals surface area contributed by atoms with Crippen LogP contribution in [0.2, 0.25) is 0 Å². The molecule has 0 rings (SSSR count). The quantitative estimate of drug-likeness (QED) is 0.0272. The van der Waals surface area contributed by atoms with Gasteiger partial charge in [0.15, 0.2) is 0 Å². The molecule has 0 heterocycles. The fourth-order valence-corrected chi connectivity index (χ4v) is 11.2. The Morgan fingerprint density at radius 2 is 0.744 bits per heavy atom. The van der Waals surface area contributed by atoms with Gasteiger partial charge in [-0.25, -0.2) is 0 Å². The number of amides is 1. The number of hydrogen-bond acceptors (Lipinski definition) is 6. The van der Waals surface area contributed by atoms with Crippen LogP contribution < -0.4 is 10.2 Å². The summed E-state index contributed by atoms with van der Waals surface area (Å²) in [6.45, 7) is 4.70. The minimum absolute atomic E-state index is 0.000625. The molecule has 8 nitrogen and oxygen atoms in total. The monoisotopic (exact) mass is 1120 g/mol. The summed E-state index contributed by atoms with van der Waals surface area (Å²) in [6, 6.07) is -0.886. The molecular weight excluding hydrogens is 984 g/mol. The predicted octanol–water partition coefficient (Wildman–Crippen LogP) is 21.0. The summed E-state index contributed by atoms with van der Waals surface area (Å²) in [5, 5.41) is 13.9. The highest BCUT2D eigenvalue weighted by molar-refractivity contribution is 7.45. The van der Waals surface area contributed by atoms with Crippen molar-refractivity contribution < 1.29 is 32.9 Å². The number of carbonyl (C=O) groups is 1. The van der Waals surface area contributed by atoms with Crippen molar-refractivity contribution in [2.75, 3.05) is 40.9 Å². The lowest BCUT2D eigenvalue weighted by atomic mass is 10.0. The lowest BCUT2D eigenvalue weighted by Crippen LogP contribution is -2.45. The van der Waals surface area contributed by atoms with Crippen molar-refractivity contribution >= 4 is 13.7 Å². The van der Waals surface area contributed by atoms with Gasteiger partial charge in [-0.2, -0.15) is 0 Å². The van der Waals surface area contributed by atoms with E-state index in [4.69, 9.17) is 9.05 Å². The van der Waals surface area contributed by atoms with Crippen LogP contribution in [0.1, 0.15) is 348 Å². The average molecular weight is 1120 g/mol. The van der Waals surface area contributed by atoms with Crippen LogP contribution in [-0.4, -0.2) is 68.5 Å². The molecule has 1 amide bonds. The third-order valence-electron chi connectivity index (χ3n) is 15.8. The molecule has 9 heteroatoms. The lowest BCUT2D eigenvalue weighted by Gasteiger charge is -2.29. The Bertz CT molecular complexity index is 1360. The van der Waals surface area contributed by atoms with E-state index in [1.165, 1.54) is 283 Å². The molecule has 0 aromatic heterocycles. The van der Waals surface area contributed by atoms with Crippen LogP contribution in [0.5, 0.6) is 0 Å². The molecule has 2 N–H and O–H groups in total. The summed E-state index contributed by atoms with van der Waals surface area (Å²) in [5.74, 6) is -0.192. The largest absolute Gasteiger partial charge is 0.756 e. The van der Waals surface area contributed by atoms with Gasteiger partial charge in [-0.05, 0) is 51.4 Å². The van der Waals surface area contributed by atoms with Crippen molar-refractivity contribution in [2.45, 2.75) is 360 Å². The van der Waals surface area contributed by atoms with Gasteiger partial charge < -0.3 is 28.8 Å². The molecule has 0 radical (unpaired) electrons. The number of aliphatic hydroxyl groups excluding tert-OH is 1. The number of likely N-dealkylation sites (N-methyl/N-ethyl adjacent to an activating group) is 1. The minimum atomic E-state index is -4.60. The van der Waals surface area contributed by atoms with Crippen molar-refractivity contribution in [1.29, 1.82) is 0 Å². The van der Waals surface area contributed by atoms with Crippen molar-refractivity contribution in [3.8, 4) is 0 Å². The summed E-state index contributed by atoms with van der Waals surface area (Å²) in [6.07, 6.45) is 79.8. The average Bonchev–Trinajstić information content (AvgIpc) is 3.41. The zero-order chi connectivity index (χ0) is 57.0. The van der Waals surface area contributed by atoms with Gasteiger partial charge in [-0.3, -0.25) is 9.36 Å². The molecule has 0 aliphatic carbocycles. The Morgan fingerprint density at radius 1 is 0.449 bits per heavy atom. The molecule has 0 fully saturated rings. The smallest absolute Gasteiger partial charge is 0.268 e. The van der Waals surface area contributed by atoms with Gasteiger partial charge in [0.1, 0.15) is 13.2 Å². The van der Waals surface area contributed by atoms with Crippen LogP contribution in [0, 0.1) is 0 Å². The van der Waals surface area contributed by atoms with Crippen LogP contribution in [0.4, 0.5) is 0 Å². The van der Waals surface area contributed by atoms with Crippen LogP contribution in [0.25, 0.3) is 0 Å². The zero-order valence-corrected chi connectivity index (χ0v) is 53.8. The molecule has 0 aliphatic rings. The number of carbonyl (C=O) groups excluding carboxylic acids is 1. The van der Waals surface area contributed by atoms with Crippen molar-refractivity contribution in [2.24, 2.45) is 0 Å². The lowest BCUT2D eigenvalue weighted by molar-refractivity contribution is -0.870. The van der Waals surface area contributed by atoms with E-state index in [1.54, 1.807) is 6.08 Å². The van der Waals surface area contributed by atoms with Crippen molar-refractivity contribution in [3.05, 3.63) is 36.5 Å². The molecule has 78 heavy (non-hydrogen) atoms. The molecule has 3 atom stereocenters. The second-order valence-electron chi connectivity index (χ2n) is 24.9. The molecule has 0 bridgehead atoms. The Kier molecular flexibility index (Phi) is 59.3. The Balaban J connectivity index is 3.98. The molecule has 3 unspecified atom stereocenters. The normalized spacial score (nSPS) is 13.9. The van der Waals surface area contributed by atoms with Crippen LogP contribution >= 0.6 is 7.82 Å². The molecule has 0 aliphatic heterocycles. The van der Waals surface area contributed by atoms with Gasteiger partial charge in [0.2, 0.25) is 5.91 Å². The summed E-state index contributed by atoms with van der Waals surface area (Å²) in [4.78, 5) is 25.6. The number of nitrogens with zero attached hydrogens (tertiary/aromatic N) is 1. The minimum Gasteiger partial charge on any atom is -0.756 e. The number of phosphoric ester groups is 1. The highest BCUT2D eigenvalue weighted by Crippen LogP contribution is 2.38. The summed E-state index contributed by atoms with van der Waals surface area (Å²) < 4.78 is 23.4. The van der Waals surface area contributed by atoms with E-state index in [0.717, 1.165) is 44.9 Å². The van der Waals surface area contributed by atoms with E-state index in [9.17, 15) is 19.4 Å². The topological polar surface area (TPSA) is 108 Å². The molecule has 0 saturated heterocycles. The van der Waals surface area contributed by atoms with Gasteiger partial charge in [-0.1, -0.05) is 326 Å². The van der Waals surface area contributed by atoms with E-state index in [-0.39, 0.29) is 19.1 Å². The van der Waals surface area contributed by atoms with Gasteiger partial charge in [-0.15, -0.1) is 0 Å². The summed E-state index contributed by atoms with van der Waals surface area (Å²) in [7, 11) is 1.28. The highest BCUT2D eigenvalue weighted by Gasteiger charge is 2.23. The van der Waals surface area contributed by atoms with E-state index < -0.39 is 20.0 Å². The highest BCUT2D eigenvalue weighted by atomic mass is 31.2. The van der Waals surface area contributed by atoms with Gasteiger partial charge in [0.25, 0.3) is 7.82 Å². The van der Waals surface area contributed by atoms with Gasteiger partial charge in [0, 0.05) is 6.42 Å². The van der Waals surface area contributed by atoms with E-state index in [1.807, 2.05) is 27.2 Å². The second kappa shape index (κ2) is 60.3. The second-order valence-corrected chi connectivity index (χ2v) is 26.3. The number of allylic oxidation sites excluding steroid dienone is 5. The van der Waals surface area contributed by atoms with Crippen LogP contribution in [0.3, 0.4) is 0 Å². The summed E-state index contributed by atoms with van der Waals surface area (Å²) >= 11 is 0. The molecule has 0 aromatic carbocycles. The number of rotatable bonds is 64. The maximum Gasteiger partial charge on any atom is 0.268 e. The van der Waals surface area contributed by atoms with Crippen LogP contribution in [0.15, 0.2) is 36.5 Å². The molecule has 0 aromatic rings. The zero-order valence-electron chi connectivity index (χ0n) is 52.9. The first kappa shape index (κ1) is 76.7. The fourth-order valence-electron chi connectivity index (χ4n) is 10.5.